The molecule has 1 atom stereocenters. The molecule has 3 aromatic rings. The van der Waals surface area contributed by atoms with Crippen LogP contribution in [0, 0.1) is 12.8 Å². The zero-order chi connectivity index (χ0) is 21.0. The lowest BCUT2D eigenvalue weighted by Gasteiger charge is -2.29. The summed E-state index contributed by atoms with van der Waals surface area (Å²) in [6.07, 6.45) is 1.05. The Labute approximate surface area is 179 Å². The number of carbonyl (C=O) groups excluding carboxylic acids is 2. The number of aromatic amines is 1. The highest BCUT2D eigenvalue weighted by molar-refractivity contribution is 7.15. The van der Waals surface area contributed by atoms with E-state index >= 15 is 0 Å². The van der Waals surface area contributed by atoms with Gasteiger partial charge in [0.25, 0.3) is 0 Å². The van der Waals surface area contributed by atoms with E-state index in [1.807, 2.05) is 4.90 Å². The van der Waals surface area contributed by atoms with E-state index in [0.29, 0.717) is 24.8 Å². The van der Waals surface area contributed by atoms with Crippen LogP contribution in [0.5, 0.6) is 0 Å². The minimum atomic E-state index is -0.322. The molecule has 1 N–H and O–H groups in total. The Morgan fingerprint density at radius 1 is 1.30 bits per heavy atom. The normalized spacial score (nSPS) is 19.2. The number of hydrogen-bond acceptors (Lipinski definition) is 5. The lowest BCUT2D eigenvalue weighted by Crippen LogP contribution is -2.40. The summed E-state index contributed by atoms with van der Waals surface area (Å²) in [5.41, 5.74) is 4.76. The van der Waals surface area contributed by atoms with Crippen LogP contribution in [0.25, 0.3) is 10.9 Å². The number of aryl methyl sites for hydroxylation is 1. The SMILES string of the molecule is Cc1ccc2[nH]c3c(c2c1)CN(C(=O)C1CC(=O)N(c2nnc(C(C)C)s2)C1)CC3. The van der Waals surface area contributed by atoms with E-state index < -0.39 is 0 Å². The van der Waals surface area contributed by atoms with Crippen LogP contribution in [0.4, 0.5) is 5.13 Å². The third-order valence-electron chi connectivity index (χ3n) is 6.07. The van der Waals surface area contributed by atoms with Gasteiger partial charge < -0.3 is 9.88 Å². The number of nitrogens with one attached hydrogen (secondary N) is 1. The van der Waals surface area contributed by atoms with Crippen molar-refractivity contribution in [1.82, 2.24) is 20.1 Å². The Kier molecular flexibility index (Phi) is 4.61. The lowest BCUT2D eigenvalue weighted by molar-refractivity contribution is -0.136. The highest BCUT2D eigenvalue weighted by Gasteiger charge is 2.39. The van der Waals surface area contributed by atoms with Gasteiger partial charge in [0, 0.05) is 60.6 Å². The maximum atomic E-state index is 13.3. The Balaban J connectivity index is 1.34. The Morgan fingerprint density at radius 2 is 2.13 bits per heavy atom. The number of aromatic nitrogens is 3. The smallest absolute Gasteiger partial charge is 0.229 e. The molecule has 0 spiro atoms. The number of amides is 2. The van der Waals surface area contributed by atoms with E-state index in [1.54, 1.807) is 4.90 Å². The molecule has 1 unspecified atom stereocenters. The predicted octanol–water partition coefficient (Wildman–Crippen LogP) is 3.39. The highest BCUT2D eigenvalue weighted by Crippen LogP contribution is 2.33. The first-order valence-corrected chi connectivity index (χ1v) is 11.2. The standard InChI is InChI=1S/C22H25N5O2S/c1-12(2)20-24-25-22(30-20)27-10-14(9-19(27)28)21(29)26-7-6-18-16(11-26)15-8-13(3)4-5-17(15)23-18/h4-5,8,12,14,23H,6-7,9-11H2,1-3H3. The molecule has 5 rings (SSSR count). The third kappa shape index (κ3) is 3.19. The van der Waals surface area contributed by atoms with Gasteiger partial charge in [0.2, 0.25) is 16.9 Å². The van der Waals surface area contributed by atoms with Crippen molar-refractivity contribution in [1.29, 1.82) is 0 Å². The van der Waals surface area contributed by atoms with Crippen molar-refractivity contribution >= 4 is 39.2 Å². The molecule has 1 aromatic carbocycles. The van der Waals surface area contributed by atoms with Gasteiger partial charge in [-0.25, -0.2) is 0 Å². The van der Waals surface area contributed by atoms with Crippen molar-refractivity contribution in [2.45, 2.75) is 46.1 Å². The van der Waals surface area contributed by atoms with Gasteiger partial charge in [-0.05, 0) is 19.1 Å². The number of benzene rings is 1. The molecule has 0 saturated carbocycles. The Hall–Kier alpha value is -2.74. The van der Waals surface area contributed by atoms with Crippen LogP contribution in [0.1, 0.15) is 48.0 Å². The van der Waals surface area contributed by atoms with Crippen molar-refractivity contribution in [2.24, 2.45) is 5.92 Å². The van der Waals surface area contributed by atoms with Crippen LogP contribution in [0.3, 0.4) is 0 Å². The van der Waals surface area contributed by atoms with Gasteiger partial charge in [0.15, 0.2) is 0 Å². The second-order valence-electron chi connectivity index (χ2n) is 8.62. The van der Waals surface area contributed by atoms with Crippen molar-refractivity contribution in [3.8, 4) is 0 Å². The summed E-state index contributed by atoms with van der Waals surface area (Å²) in [4.78, 5) is 32.9. The van der Waals surface area contributed by atoms with Crippen molar-refractivity contribution < 1.29 is 9.59 Å². The van der Waals surface area contributed by atoms with E-state index in [-0.39, 0.29) is 30.1 Å². The predicted molar refractivity (Wildman–Crippen MR) is 117 cm³/mol. The van der Waals surface area contributed by atoms with Crippen LogP contribution in [0.2, 0.25) is 0 Å². The van der Waals surface area contributed by atoms with E-state index in [4.69, 9.17) is 0 Å². The van der Waals surface area contributed by atoms with Crippen LogP contribution >= 0.6 is 11.3 Å². The summed E-state index contributed by atoms with van der Waals surface area (Å²) >= 11 is 1.44. The minimum absolute atomic E-state index is 0.0415. The van der Waals surface area contributed by atoms with Crippen molar-refractivity contribution in [2.75, 3.05) is 18.0 Å². The summed E-state index contributed by atoms with van der Waals surface area (Å²) < 4.78 is 0. The molecular formula is C22H25N5O2S. The molecule has 2 aromatic heterocycles. The summed E-state index contributed by atoms with van der Waals surface area (Å²) in [6, 6.07) is 6.39. The first kappa shape index (κ1) is 19.2. The molecule has 0 aliphatic carbocycles. The molecule has 4 heterocycles. The summed E-state index contributed by atoms with van der Waals surface area (Å²) in [6.45, 7) is 7.86. The van der Waals surface area contributed by atoms with Crippen LogP contribution in [0.15, 0.2) is 18.2 Å². The van der Waals surface area contributed by atoms with Gasteiger partial charge in [0.05, 0.1) is 5.92 Å². The number of carbonyl (C=O) groups is 2. The van der Waals surface area contributed by atoms with Crippen LogP contribution < -0.4 is 4.90 Å². The summed E-state index contributed by atoms with van der Waals surface area (Å²) in [5, 5.41) is 11.1. The van der Waals surface area contributed by atoms with Gasteiger partial charge in [-0.3, -0.25) is 14.5 Å². The van der Waals surface area contributed by atoms with Gasteiger partial charge in [-0.15, -0.1) is 10.2 Å². The lowest BCUT2D eigenvalue weighted by atomic mass is 10.0. The molecule has 30 heavy (non-hydrogen) atoms. The largest absolute Gasteiger partial charge is 0.358 e. The average molecular weight is 424 g/mol. The zero-order valence-electron chi connectivity index (χ0n) is 17.4. The minimum Gasteiger partial charge on any atom is -0.358 e. The summed E-state index contributed by atoms with van der Waals surface area (Å²) in [5.74, 6) is -0.0292. The molecule has 0 bridgehead atoms. The third-order valence-corrected chi connectivity index (χ3v) is 7.32. The maximum absolute atomic E-state index is 13.3. The summed E-state index contributed by atoms with van der Waals surface area (Å²) in [7, 11) is 0. The van der Waals surface area contributed by atoms with Crippen LogP contribution in [-0.4, -0.2) is 45.0 Å². The Morgan fingerprint density at radius 3 is 2.90 bits per heavy atom. The fraction of sp³-hybridized carbons (Fsp3) is 0.455. The fourth-order valence-electron chi connectivity index (χ4n) is 4.40. The monoisotopic (exact) mass is 423 g/mol. The first-order chi connectivity index (χ1) is 14.4. The number of hydrogen-bond donors (Lipinski definition) is 1. The number of nitrogens with zero attached hydrogens (tertiary/aromatic N) is 4. The number of fused-ring (bicyclic) bond motifs is 3. The van der Waals surface area contributed by atoms with Gasteiger partial charge >= 0.3 is 0 Å². The topological polar surface area (TPSA) is 82.2 Å². The highest BCUT2D eigenvalue weighted by atomic mass is 32.1. The molecule has 2 amide bonds. The second-order valence-corrected chi connectivity index (χ2v) is 9.61. The average Bonchev–Trinajstić information content (AvgIpc) is 3.43. The maximum Gasteiger partial charge on any atom is 0.229 e. The van der Waals surface area contributed by atoms with E-state index in [2.05, 4.69) is 54.2 Å². The molecular weight excluding hydrogens is 398 g/mol. The van der Waals surface area contributed by atoms with Crippen molar-refractivity contribution in [3.63, 3.8) is 0 Å². The first-order valence-electron chi connectivity index (χ1n) is 10.4. The van der Waals surface area contributed by atoms with E-state index in [0.717, 1.165) is 16.9 Å². The van der Waals surface area contributed by atoms with E-state index in [1.165, 1.54) is 33.5 Å². The molecule has 8 heteroatoms. The molecule has 156 valence electrons. The molecule has 2 aliphatic rings. The fourth-order valence-corrected chi connectivity index (χ4v) is 5.27. The zero-order valence-corrected chi connectivity index (χ0v) is 18.3. The molecule has 7 nitrogen and oxygen atoms in total. The number of rotatable bonds is 3. The van der Waals surface area contributed by atoms with Gasteiger partial charge in [-0.2, -0.15) is 0 Å². The Bertz CT molecular complexity index is 1150. The second kappa shape index (κ2) is 7.19. The molecule has 1 fully saturated rings. The number of H-pyrrole nitrogens is 1. The molecule has 1 saturated heterocycles. The van der Waals surface area contributed by atoms with Gasteiger partial charge in [-0.1, -0.05) is 36.8 Å². The van der Waals surface area contributed by atoms with E-state index in [9.17, 15) is 9.59 Å². The number of anilines is 1. The quantitative estimate of drug-likeness (QED) is 0.700. The van der Waals surface area contributed by atoms with Crippen LogP contribution in [-0.2, 0) is 22.6 Å². The molecule has 2 aliphatic heterocycles. The molecule has 0 radical (unpaired) electrons. The van der Waals surface area contributed by atoms with Crippen molar-refractivity contribution in [3.05, 3.63) is 40.0 Å². The van der Waals surface area contributed by atoms with Gasteiger partial charge in [0.1, 0.15) is 5.01 Å².